The van der Waals surface area contributed by atoms with Crippen molar-refractivity contribution in [3.63, 3.8) is 0 Å². The van der Waals surface area contributed by atoms with E-state index in [0.717, 1.165) is 31.6 Å². The fourth-order valence-electron chi connectivity index (χ4n) is 4.49. The third-order valence-electron chi connectivity index (χ3n) is 6.77. The molecule has 0 unspecified atom stereocenters. The van der Waals surface area contributed by atoms with E-state index >= 15 is 0 Å². The summed E-state index contributed by atoms with van der Waals surface area (Å²) in [4.78, 5) is 12.7. The summed E-state index contributed by atoms with van der Waals surface area (Å²) in [6, 6.07) is 22.9. The molecule has 8 nitrogen and oxygen atoms in total. The number of aryl methyl sites for hydroxylation is 2. The van der Waals surface area contributed by atoms with Crippen LogP contribution < -0.4 is 19.6 Å². The predicted octanol–water partition coefficient (Wildman–Crippen LogP) is 9.67. The van der Waals surface area contributed by atoms with E-state index < -0.39 is 5.91 Å². The third-order valence-corrected chi connectivity index (χ3v) is 10.1. The molecule has 2 heterocycles. The Morgan fingerprint density at radius 1 is 0.889 bits per heavy atom. The normalized spacial score (nSPS) is 11.2. The zero-order valence-corrected chi connectivity index (χ0v) is 30.7. The first-order valence-electron chi connectivity index (χ1n) is 13.6. The Morgan fingerprint density at radius 2 is 1.62 bits per heavy atom. The molecule has 1 N–H and O–H groups in total. The smallest absolute Gasteiger partial charge is 0.307 e. The Morgan fingerprint density at radius 3 is 2.31 bits per heavy atom. The second-order valence-electron chi connectivity index (χ2n) is 9.85. The first-order valence-corrected chi connectivity index (χ1v) is 16.7. The van der Waals surface area contributed by atoms with Gasteiger partial charge in [-0.2, -0.15) is 5.10 Å². The maximum atomic E-state index is 12.7. The van der Waals surface area contributed by atoms with Gasteiger partial charge in [-0.1, -0.05) is 37.9 Å². The van der Waals surface area contributed by atoms with Crippen molar-refractivity contribution in [3.8, 4) is 22.9 Å². The minimum Gasteiger partial charge on any atom is -0.493 e. The van der Waals surface area contributed by atoms with Gasteiger partial charge in [0.15, 0.2) is 17.3 Å². The van der Waals surface area contributed by atoms with Gasteiger partial charge in [-0.15, -0.1) is 0 Å². The number of furan rings is 1. The molecule has 1 amide bonds. The molecule has 0 aliphatic rings. The Balaban J connectivity index is 1.18. The van der Waals surface area contributed by atoms with Crippen LogP contribution >= 0.6 is 63.7 Å². The molecular weight excluding hydrogens is 838 g/mol. The lowest BCUT2D eigenvalue weighted by Crippen LogP contribution is -2.16. The number of hydrogen-bond donors (Lipinski definition) is 1. The number of aromatic nitrogens is 1. The number of carbonyl (C=O) groups excluding carboxylic acids is 1. The predicted molar refractivity (Wildman–Crippen MR) is 188 cm³/mol. The van der Waals surface area contributed by atoms with Crippen LogP contribution in [0.25, 0.3) is 5.69 Å². The van der Waals surface area contributed by atoms with Gasteiger partial charge in [0.25, 0.3) is 0 Å². The van der Waals surface area contributed by atoms with E-state index in [1.807, 2.05) is 42.5 Å². The summed E-state index contributed by atoms with van der Waals surface area (Å²) >= 11 is 14.2. The summed E-state index contributed by atoms with van der Waals surface area (Å²) < 4.78 is 28.6. The highest BCUT2D eigenvalue weighted by molar-refractivity contribution is 9.13. The number of ether oxygens (including phenoxy) is 3. The number of nitrogens with zero attached hydrogens (tertiary/aromatic N) is 2. The van der Waals surface area contributed by atoms with Gasteiger partial charge in [-0.05, 0) is 112 Å². The number of methoxy groups -OCH3 is 1. The molecule has 0 saturated heterocycles. The molecule has 0 radical (unpaired) electrons. The average Bonchev–Trinajstić information content (AvgIpc) is 3.64. The molecule has 3 aromatic carbocycles. The topological polar surface area (TPSA) is 87.2 Å². The van der Waals surface area contributed by atoms with Crippen molar-refractivity contribution in [3.05, 3.63) is 125 Å². The molecule has 0 aliphatic carbocycles. The number of nitrogens with one attached hydrogen (secondary N) is 1. The maximum Gasteiger partial charge on any atom is 0.307 e. The largest absolute Gasteiger partial charge is 0.493 e. The summed E-state index contributed by atoms with van der Waals surface area (Å²) in [6.07, 6.45) is 1.50. The highest BCUT2D eigenvalue weighted by Gasteiger charge is 2.18. The van der Waals surface area contributed by atoms with Gasteiger partial charge in [-0.25, -0.2) is 5.43 Å². The second kappa shape index (κ2) is 14.8. The van der Waals surface area contributed by atoms with E-state index in [1.54, 1.807) is 25.3 Å². The number of benzene rings is 3. The fourth-order valence-corrected chi connectivity index (χ4v) is 6.59. The van der Waals surface area contributed by atoms with Crippen LogP contribution in [0.15, 0.2) is 100 Å². The first kappa shape index (κ1) is 33.1. The monoisotopic (exact) mass is 861 g/mol. The van der Waals surface area contributed by atoms with Crippen molar-refractivity contribution < 1.29 is 23.4 Å². The summed E-state index contributed by atoms with van der Waals surface area (Å²) in [7, 11) is 1.56. The maximum absolute atomic E-state index is 12.7. The Labute approximate surface area is 294 Å². The van der Waals surface area contributed by atoms with Crippen LogP contribution in [0.2, 0.25) is 0 Å². The molecular formula is C33H27Br4N3O5. The molecule has 0 aliphatic heterocycles. The lowest BCUT2D eigenvalue weighted by atomic mass is 10.2. The highest BCUT2D eigenvalue weighted by Crippen LogP contribution is 2.43. The second-order valence-corrected chi connectivity index (χ2v) is 13.2. The van der Waals surface area contributed by atoms with Crippen LogP contribution in [-0.4, -0.2) is 23.8 Å². The Hall–Kier alpha value is -3.32. The van der Waals surface area contributed by atoms with Crippen LogP contribution in [0.5, 0.6) is 17.2 Å². The van der Waals surface area contributed by atoms with Crippen molar-refractivity contribution in [2.75, 3.05) is 7.11 Å². The van der Waals surface area contributed by atoms with Crippen LogP contribution in [0.1, 0.15) is 38.8 Å². The molecule has 2 aromatic heterocycles. The summed E-state index contributed by atoms with van der Waals surface area (Å²) in [6.45, 7) is 4.63. The number of hydrazone groups is 1. The quantitative estimate of drug-likeness (QED) is 0.106. The van der Waals surface area contributed by atoms with Crippen LogP contribution in [-0.2, 0) is 13.2 Å². The molecule has 0 atom stereocenters. The van der Waals surface area contributed by atoms with E-state index in [9.17, 15) is 4.79 Å². The van der Waals surface area contributed by atoms with Gasteiger partial charge in [0.1, 0.15) is 24.7 Å². The van der Waals surface area contributed by atoms with Crippen molar-refractivity contribution in [2.45, 2.75) is 27.1 Å². The number of carbonyl (C=O) groups is 1. The average molecular weight is 865 g/mol. The van der Waals surface area contributed by atoms with Gasteiger partial charge in [0.05, 0.1) is 17.8 Å². The number of amides is 1. The van der Waals surface area contributed by atoms with Gasteiger partial charge in [-0.3, -0.25) is 4.79 Å². The number of rotatable bonds is 11. The minimum absolute atomic E-state index is 0.111. The summed E-state index contributed by atoms with van der Waals surface area (Å²) in [5.41, 5.74) is 7.50. The van der Waals surface area contributed by atoms with Crippen molar-refractivity contribution in [1.82, 2.24) is 9.99 Å². The molecule has 45 heavy (non-hydrogen) atoms. The van der Waals surface area contributed by atoms with Gasteiger partial charge in [0, 0.05) is 41.6 Å². The SMILES string of the molecule is COc1cc(/C=N/NC(=O)c2ccc(COc3ccc(-n4c(C)ccc4C)cc3)o2)c(Br)c(Br)c1OCc1ccc(Br)cc1Br. The van der Waals surface area contributed by atoms with E-state index in [2.05, 4.69) is 105 Å². The van der Waals surface area contributed by atoms with Crippen molar-refractivity contribution in [2.24, 2.45) is 5.10 Å². The fraction of sp³-hybridized carbons (Fsp3) is 0.152. The molecule has 12 heteroatoms. The molecule has 5 aromatic rings. The minimum atomic E-state index is -0.499. The van der Waals surface area contributed by atoms with E-state index in [4.69, 9.17) is 18.6 Å². The van der Waals surface area contributed by atoms with E-state index in [1.165, 1.54) is 6.21 Å². The molecule has 0 fully saturated rings. The third kappa shape index (κ3) is 7.92. The van der Waals surface area contributed by atoms with Crippen molar-refractivity contribution in [1.29, 1.82) is 0 Å². The lowest BCUT2D eigenvalue weighted by Gasteiger charge is -2.16. The van der Waals surface area contributed by atoms with Crippen molar-refractivity contribution >= 4 is 75.8 Å². The van der Waals surface area contributed by atoms with Crippen LogP contribution in [0.3, 0.4) is 0 Å². The number of halogens is 4. The Kier molecular flexibility index (Phi) is 10.9. The zero-order chi connectivity index (χ0) is 32.1. The van der Waals surface area contributed by atoms with Gasteiger partial charge >= 0.3 is 5.91 Å². The van der Waals surface area contributed by atoms with E-state index in [0.29, 0.717) is 44.1 Å². The summed E-state index contributed by atoms with van der Waals surface area (Å²) in [5.74, 6) is 1.83. The van der Waals surface area contributed by atoms with Gasteiger partial charge in [0.2, 0.25) is 0 Å². The zero-order valence-electron chi connectivity index (χ0n) is 24.4. The van der Waals surface area contributed by atoms with Gasteiger partial charge < -0.3 is 23.2 Å². The molecule has 0 bridgehead atoms. The first-order chi connectivity index (χ1) is 21.6. The van der Waals surface area contributed by atoms with Crippen LogP contribution in [0, 0.1) is 13.8 Å². The molecule has 0 saturated carbocycles. The lowest BCUT2D eigenvalue weighted by molar-refractivity contribution is 0.0923. The Bertz CT molecular complexity index is 1850. The molecule has 0 spiro atoms. The standard InChI is InChI=1S/C33H27Br4N3O5/c1-19-4-5-20(2)40(19)24-8-10-25(11-9-24)43-18-26-12-13-28(45-26)33(41)39-38-16-22-14-29(42-3)32(31(37)30(22)36)44-17-21-6-7-23(34)15-27(21)35/h4-16H,17-18H2,1-3H3,(H,39,41)/b38-16+. The molecule has 232 valence electrons. The van der Waals surface area contributed by atoms with E-state index in [-0.39, 0.29) is 12.4 Å². The summed E-state index contributed by atoms with van der Waals surface area (Å²) in [5, 5.41) is 4.11. The van der Waals surface area contributed by atoms with Crippen LogP contribution in [0.4, 0.5) is 0 Å². The molecule has 5 rings (SSSR count). The highest BCUT2D eigenvalue weighted by atomic mass is 79.9. The number of hydrogen-bond acceptors (Lipinski definition) is 6.